The molecular formula is C55H76O15. The van der Waals surface area contributed by atoms with Crippen molar-refractivity contribution in [1.82, 2.24) is 0 Å². The molecular weight excluding hydrogens is 901 g/mol. The van der Waals surface area contributed by atoms with Crippen LogP contribution in [-0.2, 0) is 47.4 Å². The Hall–Kier alpha value is -3.32. The third-order valence-electron chi connectivity index (χ3n) is 18.0. The number of aliphatic hydroxyl groups excluding tert-OH is 2. The van der Waals surface area contributed by atoms with Gasteiger partial charge in [-0.05, 0) is 114 Å². The standard InChI is InChI=1S/C55H76O15/c1-30(66-51(58)34-15-11-9-12-16-34)38-22-24-55(60)39-20-19-36-25-37(21-23-53(36,5)40(39)26-44(54(38,55)6)68-52(59)35-17-13-10-14-18-35)67-46-29-43(62-8)50(33(4)65-46)70-45-27-41(56)49(32(3)64-45)69-47-28-42(61-7)48(57)31(2)63-47/h9-19,30-33,37-50,56-57,60H,20-29H2,1-8H3/t30-,31-,32-,33-,37+,38-,39-,40+,41-,42+,43+,44-,45+,46+,47+,48-,49-,50-,53+,54+,55+/m1/s1. The zero-order valence-electron chi connectivity index (χ0n) is 42.1. The lowest BCUT2D eigenvalue weighted by Crippen LogP contribution is -2.67. The van der Waals surface area contributed by atoms with Crippen molar-refractivity contribution in [2.75, 3.05) is 14.2 Å². The van der Waals surface area contributed by atoms with Gasteiger partial charge >= 0.3 is 11.9 Å². The highest BCUT2D eigenvalue weighted by atomic mass is 16.7. The van der Waals surface area contributed by atoms with E-state index in [1.807, 2.05) is 57.2 Å². The number of carbonyl (C=O) groups is 2. The molecule has 6 fully saturated rings. The molecule has 21 atom stereocenters. The Morgan fingerprint density at radius 1 is 0.700 bits per heavy atom. The number of hydrogen-bond acceptors (Lipinski definition) is 15. The Labute approximate surface area is 412 Å². The van der Waals surface area contributed by atoms with Crippen LogP contribution in [0.3, 0.4) is 0 Å². The molecule has 0 unspecified atom stereocenters. The second kappa shape index (κ2) is 20.9. The summed E-state index contributed by atoms with van der Waals surface area (Å²) in [5.74, 6) is -1.17. The van der Waals surface area contributed by atoms with Gasteiger partial charge < -0.3 is 62.7 Å². The largest absolute Gasteiger partial charge is 0.459 e. The minimum Gasteiger partial charge on any atom is -0.459 e. The summed E-state index contributed by atoms with van der Waals surface area (Å²) in [6, 6.07) is 18.0. The fraction of sp³-hybridized carbons (Fsp3) is 0.709. The van der Waals surface area contributed by atoms with Crippen LogP contribution in [0.1, 0.15) is 126 Å². The second-order valence-corrected chi connectivity index (χ2v) is 21.7. The molecule has 3 saturated carbocycles. The normalized spacial score (nSPS) is 44.2. The third kappa shape index (κ3) is 9.67. The fourth-order valence-electron chi connectivity index (χ4n) is 14.0. The summed E-state index contributed by atoms with van der Waals surface area (Å²) in [6.45, 7) is 11.8. The zero-order chi connectivity index (χ0) is 49.7. The van der Waals surface area contributed by atoms with E-state index in [2.05, 4.69) is 19.9 Å². The van der Waals surface area contributed by atoms with E-state index in [1.165, 1.54) is 5.57 Å². The number of esters is 2. The number of hydrogen-bond donors (Lipinski definition) is 3. The van der Waals surface area contributed by atoms with Gasteiger partial charge in [0, 0.05) is 44.8 Å². The number of allylic oxidation sites excluding steroid dienone is 1. The van der Waals surface area contributed by atoms with Crippen molar-refractivity contribution in [3.05, 3.63) is 83.4 Å². The molecule has 4 aliphatic carbocycles. The average molecular weight is 977 g/mol. The van der Waals surface area contributed by atoms with Crippen LogP contribution in [-0.4, -0.2) is 139 Å². The molecule has 7 aliphatic rings. The summed E-state index contributed by atoms with van der Waals surface area (Å²) < 4.78 is 62.4. The lowest BCUT2D eigenvalue weighted by molar-refractivity contribution is -0.337. The fourth-order valence-corrected chi connectivity index (χ4v) is 14.0. The number of rotatable bonds is 13. The summed E-state index contributed by atoms with van der Waals surface area (Å²) >= 11 is 0. The maximum Gasteiger partial charge on any atom is 0.338 e. The van der Waals surface area contributed by atoms with E-state index >= 15 is 0 Å². The van der Waals surface area contributed by atoms with Gasteiger partial charge in [-0.2, -0.15) is 0 Å². The molecule has 0 bridgehead atoms. The molecule has 9 rings (SSSR count). The Balaban J connectivity index is 0.849. The van der Waals surface area contributed by atoms with Crippen LogP contribution in [0, 0.1) is 28.6 Å². The molecule has 70 heavy (non-hydrogen) atoms. The molecule has 2 aromatic carbocycles. The first-order chi connectivity index (χ1) is 33.5. The molecule has 386 valence electrons. The van der Waals surface area contributed by atoms with Gasteiger partial charge in [0.05, 0.1) is 59.5 Å². The van der Waals surface area contributed by atoms with Gasteiger partial charge in [0.2, 0.25) is 0 Å². The van der Waals surface area contributed by atoms with Crippen LogP contribution < -0.4 is 0 Å². The summed E-state index contributed by atoms with van der Waals surface area (Å²) in [6.07, 6.45) is -0.395. The number of methoxy groups -OCH3 is 2. The van der Waals surface area contributed by atoms with Gasteiger partial charge in [-0.25, -0.2) is 9.59 Å². The molecule has 15 nitrogen and oxygen atoms in total. The highest BCUT2D eigenvalue weighted by Gasteiger charge is 2.72. The third-order valence-corrected chi connectivity index (χ3v) is 18.0. The van der Waals surface area contributed by atoms with E-state index < -0.39 is 103 Å². The van der Waals surface area contributed by atoms with Crippen molar-refractivity contribution in [3.8, 4) is 0 Å². The number of ether oxygens (including phenoxy) is 10. The van der Waals surface area contributed by atoms with Gasteiger partial charge in [0.1, 0.15) is 30.5 Å². The van der Waals surface area contributed by atoms with Gasteiger partial charge in [-0.3, -0.25) is 0 Å². The summed E-state index contributed by atoms with van der Waals surface area (Å²) in [5.41, 5.74) is -0.149. The number of benzene rings is 2. The van der Waals surface area contributed by atoms with Crippen LogP contribution in [0.5, 0.6) is 0 Å². The highest BCUT2D eigenvalue weighted by Crippen LogP contribution is 2.69. The first kappa shape index (κ1) is 51.6. The molecule has 3 N–H and O–H groups in total. The zero-order valence-corrected chi connectivity index (χ0v) is 42.1. The van der Waals surface area contributed by atoms with Gasteiger partial charge in [0.15, 0.2) is 18.9 Å². The van der Waals surface area contributed by atoms with Crippen molar-refractivity contribution in [2.24, 2.45) is 28.6 Å². The van der Waals surface area contributed by atoms with E-state index in [9.17, 15) is 24.9 Å². The van der Waals surface area contributed by atoms with Gasteiger partial charge in [0.25, 0.3) is 0 Å². The van der Waals surface area contributed by atoms with E-state index in [0.29, 0.717) is 56.1 Å². The molecule has 15 heteroatoms. The van der Waals surface area contributed by atoms with Crippen LogP contribution in [0.25, 0.3) is 0 Å². The lowest BCUT2D eigenvalue weighted by Gasteiger charge is -2.63. The minimum absolute atomic E-state index is 0.0224. The quantitative estimate of drug-likeness (QED) is 0.137. The molecule has 0 amide bonds. The molecule has 2 aromatic rings. The smallest absolute Gasteiger partial charge is 0.338 e. The molecule has 0 radical (unpaired) electrons. The van der Waals surface area contributed by atoms with Crippen molar-refractivity contribution in [3.63, 3.8) is 0 Å². The molecule has 3 heterocycles. The Morgan fingerprint density at radius 2 is 1.29 bits per heavy atom. The van der Waals surface area contributed by atoms with Gasteiger partial charge in [-0.1, -0.05) is 61.9 Å². The monoisotopic (exact) mass is 977 g/mol. The number of fused-ring (bicyclic) bond motifs is 5. The maximum absolute atomic E-state index is 14.0. The van der Waals surface area contributed by atoms with Gasteiger partial charge in [-0.15, -0.1) is 0 Å². The van der Waals surface area contributed by atoms with E-state index in [0.717, 1.165) is 12.8 Å². The highest BCUT2D eigenvalue weighted by molar-refractivity contribution is 5.90. The SMILES string of the molecule is CO[C@H]1C[C@H](O[C@H]2[C@H](O)C[C@H](O[C@H]3[C@@H](OC)C[C@H](O[C@H]4CC[C@@]5(C)C(=CC[C@@H]6[C@@H]5C[C@@H](OC(=O)c5ccccc5)[C@]5(C)[C@@H]([C@@H](C)OC(=O)c7ccccc7)CC[C@]65O)C4)O[C@@H]3C)O[C@@H]2C)O[C@H](C)[C@H]1O. The van der Waals surface area contributed by atoms with E-state index in [-0.39, 0.29) is 41.8 Å². The van der Waals surface area contributed by atoms with Crippen molar-refractivity contribution >= 4 is 11.9 Å². The summed E-state index contributed by atoms with van der Waals surface area (Å²) in [5, 5.41) is 35.0. The predicted octanol–water partition coefficient (Wildman–Crippen LogP) is 7.07. The molecule has 0 spiro atoms. The molecule has 3 aliphatic heterocycles. The Morgan fingerprint density at radius 3 is 1.94 bits per heavy atom. The van der Waals surface area contributed by atoms with Crippen LogP contribution in [0.2, 0.25) is 0 Å². The second-order valence-electron chi connectivity index (χ2n) is 21.7. The van der Waals surface area contributed by atoms with Crippen molar-refractivity contribution < 1.29 is 72.3 Å². The van der Waals surface area contributed by atoms with Crippen molar-refractivity contribution in [1.29, 1.82) is 0 Å². The first-order valence-corrected chi connectivity index (χ1v) is 25.8. The summed E-state index contributed by atoms with van der Waals surface area (Å²) in [7, 11) is 3.20. The summed E-state index contributed by atoms with van der Waals surface area (Å²) in [4.78, 5) is 27.4. The Bertz CT molecular complexity index is 2130. The molecule has 3 saturated heterocycles. The average Bonchev–Trinajstić information content (AvgIpc) is 3.64. The van der Waals surface area contributed by atoms with E-state index in [1.54, 1.807) is 45.4 Å². The lowest BCUT2D eigenvalue weighted by atomic mass is 9.44. The van der Waals surface area contributed by atoms with E-state index in [4.69, 9.17) is 47.4 Å². The van der Waals surface area contributed by atoms with Crippen molar-refractivity contribution in [2.45, 2.75) is 203 Å². The molecule has 0 aromatic heterocycles. The maximum atomic E-state index is 14.0. The van der Waals surface area contributed by atoms with Crippen LogP contribution in [0.15, 0.2) is 72.3 Å². The predicted molar refractivity (Wildman–Crippen MR) is 254 cm³/mol. The van der Waals surface area contributed by atoms with Crippen LogP contribution >= 0.6 is 0 Å². The minimum atomic E-state index is -1.19. The first-order valence-electron chi connectivity index (χ1n) is 25.8. The topological polar surface area (TPSA) is 187 Å². The van der Waals surface area contributed by atoms with Crippen LogP contribution in [0.4, 0.5) is 0 Å². The number of aliphatic hydroxyl groups is 3. The Kier molecular flexibility index (Phi) is 15.4. The number of carbonyl (C=O) groups excluding carboxylic acids is 2.